The van der Waals surface area contributed by atoms with Crippen LogP contribution >= 0.6 is 0 Å². The quantitative estimate of drug-likeness (QED) is 0.169. The summed E-state index contributed by atoms with van der Waals surface area (Å²) in [5.41, 5.74) is 0.248. The number of carboxylic acids is 1. The van der Waals surface area contributed by atoms with Gasteiger partial charge in [-0.25, -0.2) is 9.59 Å². The summed E-state index contributed by atoms with van der Waals surface area (Å²) in [5.74, 6) is -4.60. The molecule has 0 fully saturated rings. The van der Waals surface area contributed by atoms with Gasteiger partial charge < -0.3 is 39.4 Å². The minimum Gasteiger partial charge on any atom is -0.479 e. The molecule has 4 aromatic carbocycles. The number of halogens is 4. The van der Waals surface area contributed by atoms with Gasteiger partial charge in [-0.05, 0) is 53.4 Å². The van der Waals surface area contributed by atoms with E-state index in [0.29, 0.717) is 0 Å². The van der Waals surface area contributed by atoms with Gasteiger partial charge >= 0.3 is 24.5 Å². The highest BCUT2D eigenvalue weighted by Gasteiger charge is 2.50. The number of fused-ring (bicyclic) bond motifs is 4. The largest absolute Gasteiger partial charge is 0.586 e. The first-order chi connectivity index (χ1) is 25.6. The zero-order chi connectivity index (χ0) is 38.5. The Morgan fingerprint density at radius 2 is 1.00 bits per heavy atom. The van der Waals surface area contributed by atoms with E-state index in [4.69, 9.17) is 4.74 Å². The molecular formula is C38H30F4N2O10. The van der Waals surface area contributed by atoms with Crippen LogP contribution in [0.25, 0.3) is 0 Å². The number of carbonyl (C=O) groups is 4. The van der Waals surface area contributed by atoms with Crippen molar-refractivity contribution >= 4 is 23.8 Å². The SMILES string of the molecule is CCOC(=O)C1(NC(=O)c2cccc3c2OC(F)(F)O3)Cc2ccccc2C1.O=C(NC1(C(=O)O)Cc2ccccc2C1)c1cccc2c1OC(F)(F)O2. The van der Waals surface area contributed by atoms with E-state index >= 15 is 0 Å². The molecule has 0 saturated carbocycles. The number of benzene rings is 4. The maximum atomic E-state index is 13.4. The molecule has 280 valence electrons. The average molecular weight is 751 g/mol. The van der Waals surface area contributed by atoms with Crippen LogP contribution in [0.3, 0.4) is 0 Å². The normalized spacial score (nSPS) is 17.9. The molecule has 4 aliphatic rings. The van der Waals surface area contributed by atoms with E-state index in [-0.39, 0.29) is 60.7 Å². The lowest BCUT2D eigenvalue weighted by molar-refractivity contribution is -0.287. The Hall–Kier alpha value is -6.32. The van der Waals surface area contributed by atoms with Gasteiger partial charge in [-0.2, -0.15) is 0 Å². The van der Waals surface area contributed by atoms with Crippen molar-refractivity contribution in [3.63, 3.8) is 0 Å². The fourth-order valence-electron chi connectivity index (χ4n) is 6.94. The van der Waals surface area contributed by atoms with Crippen LogP contribution < -0.4 is 29.6 Å². The summed E-state index contributed by atoms with van der Waals surface area (Å²) >= 11 is 0. The molecule has 0 atom stereocenters. The van der Waals surface area contributed by atoms with E-state index in [9.17, 15) is 41.8 Å². The van der Waals surface area contributed by atoms with Crippen LogP contribution in [0.5, 0.6) is 23.0 Å². The van der Waals surface area contributed by atoms with Crippen molar-refractivity contribution in [1.29, 1.82) is 0 Å². The van der Waals surface area contributed by atoms with Gasteiger partial charge in [0.2, 0.25) is 0 Å². The molecule has 0 unspecified atom stereocenters. The molecule has 2 heterocycles. The molecule has 8 rings (SSSR count). The van der Waals surface area contributed by atoms with Gasteiger partial charge in [-0.1, -0.05) is 60.7 Å². The molecule has 16 heteroatoms. The van der Waals surface area contributed by atoms with E-state index in [1.54, 1.807) is 31.2 Å². The molecule has 0 radical (unpaired) electrons. The Morgan fingerprint density at radius 1 is 0.611 bits per heavy atom. The molecule has 0 spiro atoms. The van der Waals surface area contributed by atoms with Crippen LogP contribution in [0.15, 0.2) is 84.9 Å². The number of nitrogens with one attached hydrogen (secondary N) is 2. The lowest BCUT2D eigenvalue weighted by Crippen LogP contribution is -2.56. The zero-order valence-corrected chi connectivity index (χ0v) is 28.3. The third-order valence-corrected chi connectivity index (χ3v) is 9.33. The lowest BCUT2D eigenvalue weighted by atomic mass is 9.94. The number of rotatable bonds is 7. The number of aliphatic carboxylic acids is 1. The minimum absolute atomic E-state index is 0.104. The van der Waals surface area contributed by atoms with Gasteiger partial charge in [0.25, 0.3) is 11.8 Å². The Kier molecular flexibility index (Phi) is 8.86. The maximum absolute atomic E-state index is 13.4. The Labute approximate surface area is 303 Å². The first-order valence-corrected chi connectivity index (χ1v) is 16.6. The fourth-order valence-corrected chi connectivity index (χ4v) is 6.94. The first-order valence-electron chi connectivity index (χ1n) is 16.6. The molecule has 0 saturated heterocycles. The standard InChI is InChI=1S/C20H17F2NO5.C18H13F2NO5/c1-2-26-18(25)19(10-12-6-3-4-7-13(12)11-19)23-17(24)14-8-5-9-15-16(14)28-20(21,22)27-15;19-18(20)25-13-7-3-6-12(14(13)26-18)15(22)21-17(16(23)24)8-10-4-1-2-5-11(10)9-17/h3-9H,2,10-11H2,1H3,(H,23,24);1-7H,8-9H2,(H,21,22)(H,23,24). The van der Waals surface area contributed by atoms with E-state index < -0.39 is 53.2 Å². The van der Waals surface area contributed by atoms with Crippen LogP contribution in [0.2, 0.25) is 0 Å². The topological polar surface area (TPSA) is 159 Å². The van der Waals surface area contributed by atoms with E-state index in [0.717, 1.165) is 22.3 Å². The Morgan fingerprint density at radius 3 is 1.39 bits per heavy atom. The van der Waals surface area contributed by atoms with Gasteiger partial charge in [0.1, 0.15) is 11.1 Å². The van der Waals surface area contributed by atoms with Crippen molar-refractivity contribution in [3.05, 3.63) is 118 Å². The number of amides is 2. The number of alkyl halides is 4. The molecule has 4 aromatic rings. The highest BCUT2D eigenvalue weighted by atomic mass is 19.3. The van der Waals surface area contributed by atoms with Crippen molar-refractivity contribution in [1.82, 2.24) is 10.6 Å². The van der Waals surface area contributed by atoms with E-state index in [1.807, 2.05) is 24.3 Å². The van der Waals surface area contributed by atoms with E-state index in [1.165, 1.54) is 36.4 Å². The summed E-state index contributed by atoms with van der Waals surface area (Å²) in [6.45, 7) is 1.82. The molecular weight excluding hydrogens is 720 g/mol. The lowest BCUT2D eigenvalue weighted by Gasteiger charge is -2.28. The monoisotopic (exact) mass is 750 g/mol. The minimum atomic E-state index is -3.87. The number of carbonyl (C=O) groups excluding carboxylic acids is 3. The van der Waals surface area contributed by atoms with Crippen LogP contribution in [0.1, 0.15) is 49.9 Å². The van der Waals surface area contributed by atoms with Gasteiger partial charge in [0.05, 0.1) is 17.7 Å². The number of hydrogen-bond donors (Lipinski definition) is 3. The highest BCUT2D eigenvalue weighted by molar-refractivity contribution is 6.02. The maximum Gasteiger partial charge on any atom is 0.586 e. The predicted molar refractivity (Wildman–Crippen MR) is 178 cm³/mol. The predicted octanol–water partition coefficient (Wildman–Crippen LogP) is 5.20. The van der Waals surface area contributed by atoms with Crippen LogP contribution in [-0.2, 0) is 40.0 Å². The second-order valence-corrected chi connectivity index (χ2v) is 12.9. The fraction of sp³-hybridized carbons (Fsp3) is 0.263. The molecule has 0 aromatic heterocycles. The van der Waals surface area contributed by atoms with Crippen LogP contribution in [-0.4, -0.2) is 59.1 Å². The van der Waals surface area contributed by atoms with Crippen molar-refractivity contribution in [3.8, 4) is 23.0 Å². The second kappa shape index (κ2) is 13.3. The van der Waals surface area contributed by atoms with Crippen LogP contribution in [0, 0.1) is 0 Å². The van der Waals surface area contributed by atoms with Gasteiger partial charge in [-0.3, -0.25) is 9.59 Å². The summed E-state index contributed by atoms with van der Waals surface area (Å²) in [5, 5.41) is 14.9. The molecule has 2 amide bonds. The Balaban J connectivity index is 0.000000167. The zero-order valence-electron chi connectivity index (χ0n) is 28.3. The molecule has 12 nitrogen and oxygen atoms in total. The van der Waals surface area contributed by atoms with Crippen LogP contribution in [0.4, 0.5) is 17.6 Å². The molecule has 2 aliphatic heterocycles. The number of ether oxygens (including phenoxy) is 5. The Bertz CT molecular complexity index is 2140. The van der Waals surface area contributed by atoms with Crippen molar-refractivity contribution in [2.75, 3.05) is 6.61 Å². The smallest absolute Gasteiger partial charge is 0.479 e. The van der Waals surface area contributed by atoms with Crippen molar-refractivity contribution in [2.45, 2.75) is 56.3 Å². The van der Waals surface area contributed by atoms with Gasteiger partial charge in [-0.15, -0.1) is 17.6 Å². The first kappa shape index (κ1) is 36.1. The molecule has 0 bridgehead atoms. The van der Waals surface area contributed by atoms with E-state index in [2.05, 4.69) is 29.6 Å². The summed E-state index contributed by atoms with van der Waals surface area (Å²) in [6, 6.07) is 22.5. The van der Waals surface area contributed by atoms with Crippen molar-refractivity contribution < 1.29 is 65.5 Å². The summed E-state index contributed by atoms with van der Waals surface area (Å²) in [6.07, 6.45) is -7.01. The molecule has 3 N–H and O–H groups in total. The highest BCUT2D eigenvalue weighted by Crippen LogP contribution is 2.45. The van der Waals surface area contributed by atoms with Gasteiger partial charge in [0.15, 0.2) is 23.0 Å². The second-order valence-electron chi connectivity index (χ2n) is 12.9. The third kappa shape index (κ3) is 6.70. The average Bonchev–Trinajstić information content (AvgIpc) is 3.86. The summed E-state index contributed by atoms with van der Waals surface area (Å²) in [4.78, 5) is 50.2. The van der Waals surface area contributed by atoms with Gasteiger partial charge in [0, 0.05) is 25.7 Å². The number of esters is 1. The summed E-state index contributed by atoms with van der Waals surface area (Å²) in [7, 11) is 0. The number of carboxylic acid groups (broad SMARTS) is 1. The third-order valence-electron chi connectivity index (χ3n) is 9.33. The summed E-state index contributed by atoms with van der Waals surface area (Å²) < 4.78 is 76.2. The van der Waals surface area contributed by atoms with Crippen molar-refractivity contribution in [2.24, 2.45) is 0 Å². The molecule has 54 heavy (non-hydrogen) atoms. The molecule has 2 aliphatic carbocycles. The number of para-hydroxylation sites is 2. The number of hydrogen-bond acceptors (Lipinski definition) is 9.